The lowest BCUT2D eigenvalue weighted by atomic mass is 9.59. The van der Waals surface area contributed by atoms with E-state index >= 15 is 0 Å². The van der Waals surface area contributed by atoms with Crippen LogP contribution in [0.2, 0.25) is 0 Å². The van der Waals surface area contributed by atoms with Gasteiger partial charge in [-0.3, -0.25) is 4.79 Å². The van der Waals surface area contributed by atoms with Crippen molar-refractivity contribution < 1.29 is 17.9 Å². The molecule has 1 amide bonds. The van der Waals surface area contributed by atoms with Gasteiger partial charge in [0.1, 0.15) is 6.61 Å². The molecule has 1 aromatic heterocycles. The van der Waals surface area contributed by atoms with E-state index in [1.165, 1.54) is 12.1 Å². The highest BCUT2D eigenvalue weighted by atomic mass is 32.2. The van der Waals surface area contributed by atoms with E-state index in [4.69, 9.17) is 4.74 Å². The van der Waals surface area contributed by atoms with E-state index in [1.807, 2.05) is 23.1 Å². The van der Waals surface area contributed by atoms with Crippen molar-refractivity contribution in [1.82, 2.24) is 19.8 Å². The van der Waals surface area contributed by atoms with Gasteiger partial charge in [0.2, 0.25) is 11.8 Å². The van der Waals surface area contributed by atoms with Crippen molar-refractivity contribution in [3.63, 3.8) is 0 Å². The zero-order valence-electron chi connectivity index (χ0n) is 27.0. The van der Waals surface area contributed by atoms with Crippen molar-refractivity contribution in [2.75, 3.05) is 31.5 Å². The first-order valence-corrected chi connectivity index (χ1v) is 17.7. The normalized spacial score (nSPS) is 21.8. The summed E-state index contributed by atoms with van der Waals surface area (Å²) in [5.41, 5.74) is 3.16. The zero-order chi connectivity index (χ0) is 31.9. The largest absolute Gasteiger partial charge is 0.475 e. The number of aromatic nitrogens is 2. The predicted molar refractivity (Wildman–Crippen MR) is 176 cm³/mol. The molecule has 3 aromatic rings. The molecule has 4 bridgehead atoms. The number of amides is 1. The van der Waals surface area contributed by atoms with Gasteiger partial charge < -0.3 is 14.5 Å². The van der Waals surface area contributed by atoms with E-state index in [2.05, 4.69) is 60.4 Å². The van der Waals surface area contributed by atoms with Gasteiger partial charge in [0.15, 0.2) is 0 Å². The molecule has 3 aliphatic rings. The lowest BCUT2D eigenvalue weighted by Crippen LogP contribution is -2.59. The summed E-state index contributed by atoms with van der Waals surface area (Å²) in [6.45, 7) is 10.9. The molecule has 240 valence electrons. The number of nitrogens with zero attached hydrogens (tertiary/aromatic N) is 4. The minimum Gasteiger partial charge on any atom is -0.475 e. The van der Waals surface area contributed by atoms with E-state index in [9.17, 15) is 13.2 Å². The summed E-state index contributed by atoms with van der Waals surface area (Å²) < 4.78 is 36.3. The summed E-state index contributed by atoms with van der Waals surface area (Å²) in [4.78, 5) is 28.0. The molecule has 2 aliphatic heterocycles. The highest BCUT2D eigenvalue weighted by Crippen LogP contribution is 2.51. The lowest BCUT2D eigenvalue weighted by Gasteiger charge is -2.56. The number of rotatable bonds is 5. The molecule has 10 heteroatoms. The number of nitrogens with one attached hydrogen (secondary N) is 1. The molecule has 3 heterocycles. The number of fused-ring (bicyclic) bond motifs is 4. The van der Waals surface area contributed by atoms with Gasteiger partial charge in [-0.2, -0.15) is 4.98 Å². The zero-order valence-corrected chi connectivity index (χ0v) is 27.8. The minimum absolute atomic E-state index is 0.00703. The second kappa shape index (κ2) is 12.4. The number of piperidine rings is 1. The van der Waals surface area contributed by atoms with Crippen molar-refractivity contribution in [2.45, 2.75) is 82.7 Å². The van der Waals surface area contributed by atoms with Gasteiger partial charge in [-0.05, 0) is 93.3 Å². The highest BCUT2D eigenvalue weighted by Gasteiger charge is 2.50. The first kappa shape index (κ1) is 31.5. The van der Waals surface area contributed by atoms with Gasteiger partial charge >= 0.3 is 0 Å². The third-order valence-electron chi connectivity index (χ3n) is 9.75. The average Bonchev–Trinajstić information content (AvgIpc) is 2.99. The first-order chi connectivity index (χ1) is 21.4. The quantitative estimate of drug-likeness (QED) is 0.358. The van der Waals surface area contributed by atoms with Crippen LogP contribution in [-0.2, 0) is 10.0 Å². The van der Waals surface area contributed by atoms with E-state index in [0.29, 0.717) is 17.2 Å². The number of carbonyl (C=O) groups excluding carboxylic acids is 1. The lowest BCUT2D eigenvalue weighted by molar-refractivity contribution is -0.0497. The smallest absolute Gasteiger partial charge is 0.264 e. The molecule has 1 saturated carbocycles. The van der Waals surface area contributed by atoms with E-state index in [1.54, 1.807) is 18.2 Å². The average molecular weight is 632 g/mol. The third kappa shape index (κ3) is 6.58. The van der Waals surface area contributed by atoms with Crippen LogP contribution < -0.4 is 9.46 Å². The third-order valence-corrected chi connectivity index (χ3v) is 11.1. The van der Waals surface area contributed by atoms with E-state index < -0.39 is 10.0 Å². The Morgan fingerprint density at radius 3 is 2.44 bits per heavy atom. The van der Waals surface area contributed by atoms with Crippen molar-refractivity contribution >= 4 is 21.9 Å². The molecule has 2 fully saturated rings. The number of hydrogen-bond donors (Lipinski definition) is 1. The van der Waals surface area contributed by atoms with Crippen molar-refractivity contribution in [3.8, 4) is 17.1 Å². The Morgan fingerprint density at radius 2 is 1.73 bits per heavy atom. The molecule has 1 spiro atoms. The molecule has 2 aromatic carbocycles. The monoisotopic (exact) mass is 631 g/mol. The molecule has 1 saturated heterocycles. The molecule has 9 nitrogen and oxygen atoms in total. The van der Waals surface area contributed by atoms with Crippen LogP contribution >= 0.6 is 0 Å². The summed E-state index contributed by atoms with van der Waals surface area (Å²) in [6, 6.07) is 15.9. The first-order valence-electron chi connectivity index (χ1n) is 16.2. The Labute approximate surface area is 267 Å². The van der Waals surface area contributed by atoms with Gasteiger partial charge in [-0.15, -0.1) is 0 Å². The summed E-state index contributed by atoms with van der Waals surface area (Å²) in [6.07, 6.45) is 4.92. The van der Waals surface area contributed by atoms with Gasteiger partial charge in [-0.1, -0.05) is 58.0 Å². The number of hydrogen-bond acceptors (Lipinski definition) is 7. The van der Waals surface area contributed by atoms with Crippen LogP contribution in [0.25, 0.3) is 11.3 Å². The summed E-state index contributed by atoms with van der Waals surface area (Å²) in [5.74, 6) is 0.576. The van der Waals surface area contributed by atoms with Crippen LogP contribution in [0.4, 0.5) is 5.95 Å². The second-order valence-electron chi connectivity index (χ2n) is 14.0. The molecule has 45 heavy (non-hydrogen) atoms. The molecular weight excluding hydrogens is 586 g/mol. The molecule has 0 unspecified atom stereocenters. The summed E-state index contributed by atoms with van der Waals surface area (Å²) in [7, 11) is -1.93. The number of likely N-dealkylation sites (tertiary alicyclic amines) is 1. The maximum Gasteiger partial charge on any atom is 0.264 e. The van der Waals surface area contributed by atoms with Crippen LogP contribution in [0, 0.1) is 11.3 Å². The molecular formula is C35H45N5O4S. The van der Waals surface area contributed by atoms with Gasteiger partial charge in [0.25, 0.3) is 15.9 Å². The van der Waals surface area contributed by atoms with Gasteiger partial charge in [0.05, 0.1) is 16.6 Å². The molecule has 1 N–H and O–H groups in total. The predicted octanol–water partition coefficient (Wildman–Crippen LogP) is 6.19. The number of sulfonamides is 1. The van der Waals surface area contributed by atoms with Crippen LogP contribution in [0.1, 0.15) is 81.6 Å². The molecule has 1 atom stereocenters. The standard InChI is InChI=1S/C35H45N5O4S/c1-23(2)17-26-22-44-32-19-31(30-12-7-6-11-29(30)24(3)4)36-34(37-32)38-45(42,43)28-10-8-9-25(18-28)33(41)40(26)27-20-35(21-27)13-15-39(5)16-14-35/h6-12,18-19,23-24,26-27H,13-17,20-22H2,1-5H3,(H,36,37,38)/t26-/m1/s1. The van der Waals surface area contributed by atoms with Crippen LogP contribution in [0.3, 0.4) is 0 Å². The van der Waals surface area contributed by atoms with Crippen LogP contribution in [0.5, 0.6) is 5.88 Å². The van der Waals surface area contributed by atoms with Crippen molar-refractivity contribution in [3.05, 3.63) is 65.7 Å². The van der Waals surface area contributed by atoms with Gasteiger partial charge in [-0.25, -0.2) is 18.1 Å². The Balaban J connectivity index is 1.43. The fraction of sp³-hybridized carbons (Fsp3) is 0.514. The van der Waals surface area contributed by atoms with Crippen molar-refractivity contribution in [2.24, 2.45) is 11.3 Å². The number of benzene rings is 2. The fourth-order valence-corrected chi connectivity index (χ4v) is 8.29. The molecule has 0 radical (unpaired) electrons. The Bertz CT molecular complexity index is 1660. The fourth-order valence-electron chi connectivity index (χ4n) is 7.30. The summed E-state index contributed by atoms with van der Waals surface area (Å²) in [5, 5.41) is 0. The highest BCUT2D eigenvalue weighted by molar-refractivity contribution is 7.92. The summed E-state index contributed by atoms with van der Waals surface area (Å²) >= 11 is 0. The number of carbonyl (C=O) groups is 1. The Hall–Kier alpha value is -3.50. The topological polar surface area (TPSA) is 105 Å². The van der Waals surface area contributed by atoms with Crippen molar-refractivity contribution in [1.29, 1.82) is 0 Å². The Morgan fingerprint density at radius 1 is 1.00 bits per heavy atom. The molecule has 6 rings (SSSR count). The van der Waals surface area contributed by atoms with E-state index in [-0.39, 0.29) is 52.7 Å². The Kier molecular flexibility index (Phi) is 8.65. The van der Waals surface area contributed by atoms with Gasteiger partial charge in [0, 0.05) is 23.2 Å². The second-order valence-corrected chi connectivity index (χ2v) is 15.6. The number of anilines is 1. The van der Waals surface area contributed by atoms with E-state index in [0.717, 1.165) is 56.3 Å². The maximum absolute atomic E-state index is 14.4. The van der Waals surface area contributed by atoms with Crippen LogP contribution in [0.15, 0.2) is 59.5 Å². The minimum atomic E-state index is -4.10. The molecule has 1 aliphatic carbocycles. The maximum atomic E-state index is 14.4. The van der Waals surface area contributed by atoms with Crippen LogP contribution in [-0.4, -0.2) is 72.9 Å². The SMILES string of the molecule is CC(C)C[C@@H]1COc2cc(-c3ccccc3C(C)C)nc(n2)NS(=O)(=O)c2cccc(c2)C(=O)N1C1CC2(CCN(C)CC2)C1. The number of ether oxygens (including phenoxy) is 1.